The van der Waals surface area contributed by atoms with Crippen LogP contribution in [0.3, 0.4) is 0 Å². The van der Waals surface area contributed by atoms with Crippen molar-refractivity contribution in [3.05, 3.63) is 68.0 Å². The number of aromatic amines is 1. The van der Waals surface area contributed by atoms with E-state index >= 15 is 0 Å². The van der Waals surface area contributed by atoms with Crippen molar-refractivity contribution in [2.45, 2.75) is 44.1 Å². The van der Waals surface area contributed by atoms with Gasteiger partial charge in [0, 0.05) is 18.2 Å². The van der Waals surface area contributed by atoms with Gasteiger partial charge < -0.3 is 14.9 Å². The fraction of sp³-hybridized carbons (Fsp3) is 0.429. The first kappa shape index (κ1) is 21.2. The number of nitrogens with zero attached hydrogens (tertiary/aromatic N) is 1. The van der Waals surface area contributed by atoms with Gasteiger partial charge in [-0.3, -0.25) is 29.3 Å². The molecule has 0 radical (unpaired) electrons. The highest BCUT2D eigenvalue weighted by atomic mass is 16.5. The fourth-order valence-electron chi connectivity index (χ4n) is 4.54. The van der Waals surface area contributed by atoms with Gasteiger partial charge >= 0.3 is 5.69 Å². The number of amides is 2. The first-order valence-corrected chi connectivity index (χ1v) is 10.1. The van der Waals surface area contributed by atoms with Gasteiger partial charge in [0.2, 0.25) is 0 Å². The molecule has 2 amide bonds. The Labute approximate surface area is 176 Å². The normalized spacial score (nSPS) is 26.0. The van der Waals surface area contributed by atoms with Crippen LogP contribution in [0.1, 0.15) is 58.2 Å². The summed E-state index contributed by atoms with van der Waals surface area (Å²) in [6.45, 7) is 1.51. The minimum absolute atomic E-state index is 0.258. The molecule has 31 heavy (non-hydrogen) atoms. The maximum absolute atomic E-state index is 12.4. The maximum atomic E-state index is 12.4. The number of hydrogen-bond donors (Lipinski definition) is 4. The molecular weight excluding hydrogens is 406 g/mol. The monoisotopic (exact) mass is 429 g/mol. The minimum atomic E-state index is -1.10. The molecule has 1 aromatic carbocycles. The third-order valence-electron chi connectivity index (χ3n) is 5.98. The van der Waals surface area contributed by atoms with Crippen molar-refractivity contribution >= 4 is 11.8 Å². The van der Waals surface area contributed by atoms with E-state index in [1.54, 1.807) is 18.2 Å². The summed E-state index contributed by atoms with van der Waals surface area (Å²) in [5.41, 5.74) is -0.00146. The molecule has 1 saturated heterocycles. The van der Waals surface area contributed by atoms with Crippen molar-refractivity contribution in [3.8, 4) is 0 Å². The number of imide groups is 1. The standard InChI is InChI=1S/C21H23N3O7/c1-2-3-11(10-4-5-12-13(8-10)19(29)23-18(12)28)16-17(27)14(9-25)31-20(16)24-7-6-15(26)22-21(24)30/h4-8,11,14,16-17,20,25,27H,2-3,9H2,1H3,(H,22,26,30)(H,23,28,29)/t11-,14-,16?,17-,20-/m1/s1. The average molecular weight is 429 g/mol. The summed E-state index contributed by atoms with van der Waals surface area (Å²) < 4.78 is 7.02. The Bertz CT molecular complexity index is 1140. The Morgan fingerprint density at radius 2 is 1.87 bits per heavy atom. The predicted molar refractivity (Wildman–Crippen MR) is 108 cm³/mol. The van der Waals surface area contributed by atoms with Gasteiger partial charge in [-0.15, -0.1) is 0 Å². The molecule has 2 aromatic rings. The molecule has 1 fully saturated rings. The molecule has 10 nitrogen and oxygen atoms in total. The smallest absolute Gasteiger partial charge is 0.330 e. The second kappa shape index (κ2) is 8.22. The number of aromatic nitrogens is 2. The molecule has 0 bridgehead atoms. The summed E-state index contributed by atoms with van der Waals surface area (Å²) in [6.07, 6.45) is -0.360. The number of aliphatic hydroxyl groups excluding tert-OH is 2. The maximum Gasteiger partial charge on any atom is 0.330 e. The average Bonchev–Trinajstić information content (AvgIpc) is 3.21. The van der Waals surface area contributed by atoms with Crippen molar-refractivity contribution in [1.82, 2.24) is 14.9 Å². The van der Waals surface area contributed by atoms with E-state index in [1.807, 2.05) is 6.92 Å². The third kappa shape index (κ3) is 3.62. The topological polar surface area (TPSA) is 151 Å². The lowest BCUT2D eigenvalue weighted by atomic mass is 9.78. The summed E-state index contributed by atoms with van der Waals surface area (Å²) in [5, 5.41) is 22.9. The van der Waals surface area contributed by atoms with Crippen LogP contribution < -0.4 is 16.6 Å². The van der Waals surface area contributed by atoms with E-state index in [0.29, 0.717) is 12.0 Å². The summed E-state index contributed by atoms with van der Waals surface area (Å²) in [7, 11) is 0. The highest BCUT2D eigenvalue weighted by Crippen LogP contribution is 2.45. The molecule has 0 aliphatic carbocycles. The molecule has 0 spiro atoms. The number of carbonyl (C=O) groups is 2. The number of aliphatic hydroxyl groups is 2. The fourth-order valence-corrected chi connectivity index (χ4v) is 4.54. The molecule has 1 unspecified atom stereocenters. The van der Waals surface area contributed by atoms with E-state index in [1.165, 1.54) is 16.8 Å². The predicted octanol–water partition coefficient (Wildman–Crippen LogP) is -0.129. The molecule has 1 aromatic heterocycles. The van der Waals surface area contributed by atoms with E-state index < -0.39 is 54.0 Å². The number of ether oxygens (including phenoxy) is 1. The second-order valence-electron chi connectivity index (χ2n) is 7.82. The highest BCUT2D eigenvalue weighted by molar-refractivity contribution is 6.21. The van der Waals surface area contributed by atoms with E-state index in [4.69, 9.17) is 4.74 Å². The van der Waals surface area contributed by atoms with Crippen LogP contribution in [0.25, 0.3) is 0 Å². The number of fused-ring (bicyclic) bond motifs is 1. The Balaban J connectivity index is 1.80. The number of H-pyrrole nitrogens is 1. The summed E-state index contributed by atoms with van der Waals surface area (Å²) in [5.74, 6) is -1.95. The molecule has 3 heterocycles. The van der Waals surface area contributed by atoms with Crippen molar-refractivity contribution < 1.29 is 24.5 Å². The van der Waals surface area contributed by atoms with Crippen LogP contribution in [0.4, 0.5) is 0 Å². The van der Waals surface area contributed by atoms with Gasteiger partial charge in [-0.25, -0.2) is 4.79 Å². The Hall–Kier alpha value is -3.08. The molecule has 0 saturated carbocycles. The van der Waals surface area contributed by atoms with E-state index in [2.05, 4.69) is 10.3 Å². The van der Waals surface area contributed by atoms with Crippen LogP contribution in [0.2, 0.25) is 0 Å². The van der Waals surface area contributed by atoms with Crippen molar-refractivity contribution in [2.24, 2.45) is 5.92 Å². The van der Waals surface area contributed by atoms with Crippen molar-refractivity contribution in [1.29, 1.82) is 0 Å². The Morgan fingerprint density at radius 3 is 2.55 bits per heavy atom. The van der Waals surface area contributed by atoms with E-state index in [0.717, 1.165) is 6.42 Å². The lowest BCUT2D eigenvalue weighted by molar-refractivity contribution is -0.0489. The molecular formula is C21H23N3O7. The van der Waals surface area contributed by atoms with Gasteiger partial charge in [0.15, 0.2) is 0 Å². The number of benzene rings is 1. The molecule has 5 atom stereocenters. The molecule has 164 valence electrons. The van der Waals surface area contributed by atoms with Gasteiger partial charge in [-0.05, 0) is 30.0 Å². The SMILES string of the molecule is CCC[C@H](c1ccc2c(c1)C(=O)NC2=O)C1[C@H](n2ccc(=O)[nH]c2=O)O[C@H](CO)[C@H]1O. The first-order chi connectivity index (χ1) is 14.8. The van der Waals surface area contributed by atoms with Crippen LogP contribution in [0, 0.1) is 5.92 Å². The highest BCUT2D eigenvalue weighted by Gasteiger charge is 2.48. The zero-order valence-corrected chi connectivity index (χ0v) is 16.8. The van der Waals surface area contributed by atoms with Gasteiger partial charge in [0.25, 0.3) is 17.4 Å². The molecule has 4 rings (SSSR count). The lowest BCUT2D eigenvalue weighted by Crippen LogP contribution is -2.37. The van der Waals surface area contributed by atoms with Crippen LogP contribution in [0.15, 0.2) is 40.1 Å². The molecule has 2 aliphatic rings. The van der Waals surface area contributed by atoms with Gasteiger partial charge in [0.1, 0.15) is 12.3 Å². The number of rotatable bonds is 6. The van der Waals surface area contributed by atoms with Crippen LogP contribution in [-0.4, -0.2) is 50.4 Å². The summed E-state index contributed by atoms with van der Waals surface area (Å²) in [4.78, 5) is 50.1. The van der Waals surface area contributed by atoms with E-state index in [-0.39, 0.29) is 17.0 Å². The van der Waals surface area contributed by atoms with Gasteiger partial charge in [0.05, 0.1) is 23.8 Å². The largest absolute Gasteiger partial charge is 0.394 e. The Morgan fingerprint density at radius 1 is 1.13 bits per heavy atom. The number of nitrogens with one attached hydrogen (secondary N) is 2. The summed E-state index contributed by atoms with van der Waals surface area (Å²) >= 11 is 0. The third-order valence-corrected chi connectivity index (χ3v) is 5.98. The first-order valence-electron chi connectivity index (χ1n) is 10.1. The van der Waals surface area contributed by atoms with Crippen LogP contribution in [-0.2, 0) is 4.74 Å². The zero-order valence-electron chi connectivity index (χ0n) is 16.8. The van der Waals surface area contributed by atoms with Crippen molar-refractivity contribution in [3.63, 3.8) is 0 Å². The van der Waals surface area contributed by atoms with Crippen molar-refractivity contribution in [2.75, 3.05) is 6.61 Å². The van der Waals surface area contributed by atoms with Gasteiger partial charge in [-0.1, -0.05) is 19.4 Å². The lowest BCUT2D eigenvalue weighted by Gasteiger charge is -2.30. The molecule has 2 aliphatic heterocycles. The molecule has 4 N–H and O–H groups in total. The second-order valence-corrected chi connectivity index (χ2v) is 7.82. The Kier molecular flexibility index (Phi) is 5.61. The van der Waals surface area contributed by atoms with E-state index in [9.17, 15) is 29.4 Å². The minimum Gasteiger partial charge on any atom is -0.394 e. The zero-order chi connectivity index (χ0) is 22.3. The quantitative estimate of drug-likeness (QED) is 0.467. The van der Waals surface area contributed by atoms with Crippen LogP contribution >= 0.6 is 0 Å². The summed E-state index contributed by atoms with van der Waals surface area (Å²) in [6, 6.07) is 6.10. The number of carbonyl (C=O) groups excluding carboxylic acids is 2. The van der Waals surface area contributed by atoms with Gasteiger partial charge in [-0.2, -0.15) is 0 Å². The van der Waals surface area contributed by atoms with Crippen LogP contribution in [0.5, 0.6) is 0 Å². The molecule has 10 heteroatoms. The number of hydrogen-bond acceptors (Lipinski definition) is 7.